The fourth-order valence-electron chi connectivity index (χ4n) is 3.53. The molecule has 1 saturated heterocycles. The fourth-order valence-corrected chi connectivity index (χ4v) is 5.44. The molecule has 4 rings (SSSR count). The van der Waals surface area contributed by atoms with Crippen molar-refractivity contribution in [1.29, 1.82) is 0 Å². The van der Waals surface area contributed by atoms with E-state index in [2.05, 4.69) is 25.3 Å². The van der Waals surface area contributed by atoms with E-state index in [1.54, 1.807) is 43.1 Å². The molecule has 1 aliphatic heterocycles. The van der Waals surface area contributed by atoms with Crippen LogP contribution in [-0.4, -0.2) is 46.3 Å². The molecule has 156 valence electrons. The molecule has 3 aromatic rings. The van der Waals surface area contributed by atoms with Crippen molar-refractivity contribution >= 4 is 21.7 Å². The van der Waals surface area contributed by atoms with Crippen LogP contribution in [0, 0.1) is 6.92 Å². The van der Waals surface area contributed by atoms with Crippen LogP contribution in [0.4, 0.5) is 11.6 Å². The molecule has 1 aromatic carbocycles. The van der Waals surface area contributed by atoms with Gasteiger partial charge in [-0.15, -0.1) is 0 Å². The Labute approximate surface area is 175 Å². The summed E-state index contributed by atoms with van der Waals surface area (Å²) >= 11 is 0. The van der Waals surface area contributed by atoms with Crippen molar-refractivity contribution in [2.24, 2.45) is 0 Å². The standard InChI is InChI=1S/C20H22N6O3S/c1-14-5-6-17(29-2)18(10-14)30(27,28)26-9-3-4-16(26)15-11-22-13-20(24-15)25-19-12-21-7-8-23-19/h5-8,10-13,16H,3-4,9H2,1-2H3,(H,23,24,25)/t16-/m0/s1. The molecular weight excluding hydrogens is 404 g/mol. The average Bonchev–Trinajstić information content (AvgIpc) is 3.26. The first-order valence-electron chi connectivity index (χ1n) is 9.50. The molecule has 0 amide bonds. The van der Waals surface area contributed by atoms with Gasteiger partial charge in [0.25, 0.3) is 0 Å². The molecule has 0 aliphatic carbocycles. The molecule has 10 heteroatoms. The monoisotopic (exact) mass is 426 g/mol. The van der Waals surface area contributed by atoms with Crippen molar-refractivity contribution in [3.8, 4) is 5.75 Å². The Morgan fingerprint density at radius 3 is 2.73 bits per heavy atom. The zero-order valence-corrected chi connectivity index (χ0v) is 17.5. The summed E-state index contributed by atoms with van der Waals surface area (Å²) in [5, 5.41) is 3.04. The molecule has 1 atom stereocenters. The zero-order chi connectivity index (χ0) is 21.1. The van der Waals surface area contributed by atoms with Crippen LogP contribution in [0.5, 0.6) is 5.75 Å². The highest BCUT2D eigenvalue weighted by Gasteiger charge is 2.38. The molecule has 30 heavy (non-hydrogen) atoms. The lowest BCUT2D eigenvalue weighted by Gasteiger charge is -2.24. The Balaban J connectivity index is 1.66. The van der Waals surface area contributed by atoms with Crippen LogP contribution < -0.4 is 10.1 Å². The quantitative estimate of drug-likeness (QED) is 0.641. The van der Waals surface area contributed by atoms with Gasteiger partial charge in [0.15, 0.2) is 0 Å². The number of benzene rings is 1. The van der Waals surface area contributed by atoms with Gasteiger partial charge in [-0.1, -0.05) is 6.07 Å². The Hall–Kier alpha value is -3.11. The zero-order valence-electron chi connectivity index (χ0n) is 16.7. The number of nitrogens with zero attached hydrogens (tertiary/aromatic N) is 5. The Kier molecular flexibility index (Phi) is 5.60. The van der Waals surface area contributed by atoms with E-state index >= 15 is 0 Å². The fraction of sp³-hybridized carbons (Fsp3) is 0.300. The van der Waals surface area contributed by atoms with Gasteiger partial charge in [-0.3, -0.25) is 9.97 Å². The van der Waals surface area contributed by atoms with E-state index in [0.29, 0.717) is 36.0 Å². The maximum absolute atomic E-state index is 13.5. The van der Waals surface area contributed by atoms with Crippen molar-refractivity contribution in [2.75, 3.05) is 19.0 Å². The minimum atomic E-state index is -3.78. The largest absolute Gasteiger partial charge is 0.495 e. The lowest BCUT2D eigenvalue weighted by Crippen LogP contribution is -2.31. The van der Waals surface area contributed by atoms with Gasteiger partial charge in [0.1, 0.15) is 22.3 Å². The van der Waals surface area contributed by atoms with Gasteiger partial charge in [0.2, 0.25) is 10.0 Å². The maximum atomic E-state index is 13.5. The van der Waals surface area contributed by atoms with Crippen LogP contribution in [0.25, 0.3) is 0 Å². The van der Waals surface area contributed by atoms with Gasteiger partial charge < -0.3 is 10.1 Å². The number of hydrogen-bond acceptors (Lipinski definition) is 8. The molecule has 0 bridgehead atoms. The second-order valence-electron chi connectivity index (χ2n) is 6.97. The SMILES string of the molecule is COc1ccc(C)cc1S(=O)(=O)N1CCC[C@H]1c1cncc(Nc2cnccn2)n1. The van der Waals surface area contributed by atoms with Gasteiger partial charge in [0, 0.05) is 18.9 Å². The normalized spacial score (nSPS) is 17.1. The molecule has 1 fully saturated rings. The number of ether oxygens (including phenoxy) is 1. The summed E-state index contributed by atoms with van der Waals surface area (Å²) in [7, 11) is -2.30. The van der Waals surface area contributed by atoms with Crippen molar-refractivity contribution in [3.63, 3.8) is 0 Å². The van der Waals surface area contributed by atoms with Gasteiger partial charge in [-0.25, -0.2) is 18.4 Å². The summed E-state index contributed by atoms with van der Waals surface area (Å²) in [4.78, 5) is 17.2. The highest BCUT2D eigenvalue weighted by atomic mass is 32.2. The van der Waals surface area contributed by atoms with Crippen molar-refractivity contribution < 1.29 is 13.2 Å². The predicted octanol–water partition coefficient (Wildman–Crippen LogP) is 2.85. The molecule has 1 N–H and O–H groups in total. The molecule has 2 aromatic heterocycles. The predicted molar refractivity (Wildman–Crippen MR) is 111 cm³/mol. The van der Waals surface area contributed by atoms with Crippen molar-refractivity contribution in [2.45, 2.75) is 30.7 Å². The first-order chi connectivity index (χ1) is 14.5. The number of sulfonamides is 1. The summed E-state index contributed by atoms with van der Waals surface area (Å²) in [6.07, 6.45) is 9.29. The van der Waals surface area contributed by atoms with Crippen LogP contribution >= 0.6 is 0 Å². The van der Waals surface area contributed by atoms with Crippen LogP contribution in [0.3, 0.4) is 0 Å². The van der Waals surface area contributed by atoms with E-state index < -0.39 is 16.1 Å². The van der Waals surface area contributed by atoms with Gasteiger partial charge in [-0.05, 0) is 37.5 Å². The second kappa shape index (κ2) is 8.33. The van der Waals surface area contributed by atoms with E-state index in [1.807, 2.05) is 13.0 Å². The molecule has 0 radical (unpaired) electrons. The van der Waals surface area contributed by atoms with E-state index in [-0.39, 0.29) is 4.90 Å². The molecule has 1 aliphatic rings. The Morgan fingerprint density at radius 2 is 1.97 bits per heavy atom. The summed E-state index contributed by atoms with van der Waals surface area (Å²) in [6.45, 7) is 2.26. The Bertz CT molecular complexity index is 1140. The van der Waals surface area contributed by atoms with Gasteiger partial charge in [-0.2, -0.15) is 4.31 Å². The minimum absolute atomic E-state index is 0.165. The molecule has 9 nitrogen and oxygen atoms in total. The number of aryl methyl sites for hydroxylation is 1. The molecule has 0 spiro atoms. The minimum Gasteiger partial charge on any atom is -0.495 e. The summed E-state index contributed by atoms with van der Waals surface area (Å²) < 4.78 is 33.8. The number of aromatic nitrogens is 4. The first kappa shape index (κ1) is 20.2. The molecular formula is C20H22N6O3S. The van der Waals surface area contributed by atoms with E-state index in [9.17, 15) is 8.42 Å². The van der Waals surface area contributed by atoms with Crippen molar-refractivity contribution in [1.82, 2.24) is 24.2 Å². The van der Waals surface area contributed by atoms with Crippen LogP contribution in [0.2, 0.25) is 0 Å². The number of nitrogens with one attached hydrogen (secondary N) is 1. The second-order valence-corrected chi connectivity index (χ2v) is 8.83. The third-order valence-corrected chi connectivity index (χ3v) is 6.85. The number of methoxy groups -OCH3 is 1. The van der Waals surface area contributed by atoms with Crippen LogP contribution in [0.1, 0.15) is 30.1 Å². The smallest absolute Gasteiger partial charge is 0.247 e. The van der Waals surface area contributed by atoms with E-state index in [4.69, 9.17) is 4.74 Å². The molecule has 0 unspecified atom stereocenters. The Morgan fingerprint density at radius 1 is 1.13 bits per heavy atom. The number of anilines is 2. The third-order valence-electron chi connectivity index (χ3n) is 4.92. The first-order valence-corrected chi connectivity index (χ1v) is 10.9. The highest BCUT2D eigenvalue weighted by Crippen LogP contribution is 2.38. The number of hydrogen-bond donors (Lipinski definition) is 1. The third kappa shape index (κ3) is 3.96. The maximum Gasteiger partial charge on any atom is 0.247 e. The summed E-state index contributed by atoms with van der Waals surface area (Å²) in [5.74, 6) is 1.34. The van der Waals surface area contributed by atoms with E-state index in [1.165, 1.54) is 11.4 Å². The lowest BCUT2D eigenvalue weighted by molar-refractivity contribution is 0.377. The van der Waals surface area contributed by atoms with Crippen molar-refractivity contribution in [3.05, 3.63) is 60.4 Å². The lowest BCUT2D eigenvalue weighted by atomic mass is 10.2. The molecule has 3 heterocycles. The van der Waals surface area contributed by atoms with Gasteiger partial charge in [0.05, 0.1) is 37.4 Å². The molecule has 0 saturated carbocycles. The van der Waals surface area contributed by atoms with E-state index in [0.717, 1.165) is 12.0 Å². The highest BCUT2D eigenvalue weighted by molar-refractivity contribution is 7.89. The van der Waals surface area contributed by atoms with Crippen LogP contribution in [0.15, 0.2) is 54.1 Å². The average molecular weight is 427 g/mol. The summed E-state index contributed by atoms with van der Waals surface area (Å²) in [6, 6.07) is 4.74. The summed E-state index contributed by atoms with van der Waals surface area (Å²) in [5.41, 5.74) is 1.43. The van der Waals surface area contributed by atoms with Crippen LogP contribution in [-0.2, 0) is 10.0 Å². The number of rotatable bonds is 6. The van der Waals surface area contributed by atoms with Gasteiger partial charge >= 0.3 is 0 Å². The topological polar surface area (TPSA) is 110 Å².